The molecule has 0 aliphatic heterocycles. The molecule has 0 spiro atoms. The summed E-state index contributed by atoms with van der Waals surface area (Å²) in [5.41, 5.74) is 5.66. The second-order valence-corrected chi connectivity index (χ2v) is 5.35. The van der Waals surface area contributed by atoms with Crippen LogP contribution in [0.15, 0.2) is 6.33 Å². The maximum absolute atomic E-state index is 12.0. The van der Waals surface area contributed by atoms with Crippen molar-refractivity contribution in [3.05, 3.63) is 12.2 Å². The normalized spacial score (nSPS) is 23.3. The molecule has 6 heteroatoms. The van der Waals surface area contributed by atoms with Gasteiger partial charge in [0.1, 0.15) is 12.2 Å². The Morgan fingerprint density at radius 2 is 2.21 bits per heavy atom. The van der Waals surface area contributed by atoms with Gasteiger partial charge in [0.05, 0.1) is 0 Å². The van der Waals surface area contributed by atoms with Gasteiger partial charge in [0, 0.05) is 25.9 Å². The van der Waals surface area contributed by atoms with Crippen molar-refractivity contribution in [2.45, 2.75) is 32.1 Å². The van der Waals surface area contributed by atoms with Crippen molar-refractivity contribution in [3.8, 4) is 0 Å². The zero-order valence-electron chi connectivity index (χ0n) is 11.5. The molecule has 0 aromatic carbocycles. The highest BCUT2D eigenvalue weighted by atomic mass is 16.1. The standard InChI is InChI=1S/C13H23N5O/c1-18-9-16-17-12(18)6-7-15-13(19)11-4-2-10(8-14)3-5-11/h9-11H,2-8,14H2,1H3,(H,15,19). The van der Waals surface area contributed by atoms with Crippen molar-refractivity contribution >= 4 is 5.91 Å². The molecule has 3 N–H and O–H groups in total. The molecule has 0 atom stereocenters. The lowest BCUT2D eigenvalue weighted by atomic mass is 9.81. The molecule has 0 radical (unpaired) electrons. The molecule has 19 heavy (non-hydrogen) atoms. The van der Waals surface area contributed by atoms with Crippen LogP contribution >= 0.6 is 0 Å². The van der Waals surface area contributed by atoms with E-state index in [1.165, 1.54) is 0 Å². The van der Waals surface area contributed by atoms with Gasteiger partial charge < -0.3 is 15.6 Å². The van der Waals surface area contributed by atoms with E-state index < -0.39 is 0 Å². The van der Waals surface area contributed by atoms with Crippen LogP contribution < -0.4 is 11.1 Å². The highest BCUT2D eigenvalue weighted by Crippen LogP contribution is 2.28. The van der Waals surface area contributed by atoms with Crippen LogP contribution in [-0.4, -0.2) is 33.8 Å². The summed E-state index contributed by atoms with van der Waals surface area (Å²) in [5, 5.41) is 10.8. The average Bonchev–Trinajstić information content (AvgIpc) is 2.84. The Hall–Kier alpha value is -1.43. The molecule has 0 bridgehead atoms. The Labute approximate surface area is 113 Å². The monoisotopic (exact) mass is 265 g/mol. The van der Waals surface area contributed by atoms with E-state index in [9.17, 15) is 4.79 Å². The summed E-state index contributed by atoms with van der Waals surface area (Å²) in [6.07, 6.45) is 6.50. The quantitative estimate of drug-likeness (QED) is 0.798. The van der Waals surface area contributed by atoms with E-state index >= 15 is 0 Å². The summed E-state index contributed by atoms with van der Waals surface area (Å²) in [5.74, 6) is 1.86. The third kappa shape index (κ3) is 3.76. The van der Waals surface area contributed by atoms with Gasteiger partial charge in [-0.25, -0.2) is 0 Å². The first-order valence-electron chi connectivity index (χ1n) is 7.01. The van der Waals surface area contributed by atoms with E-state index in [0.717, 1.165) is 44.5 Å². The summed E-state index contributed by atoms with van der Waals surface area (Å²) in [6.45, 7) is 1.38. The minimum atomic E-state index is 0.169. The number of aryl methyl sites for hydroxylation is 1. The smallest absolute Gasteiger partial charge is 0.223 e. The molecule has 6 nitrogen and oxygen atoms in total. The van der Waals surface area contributed by atoms with Gasteiger partial charge in [0.2, 0.25) is 5.91 Å². The van der Waals surface area contributed by atoms with Crippen LogP contribution in [0.5, 0.6) is 0 Å². The SMILES string of the molecule is Cn1cnnc1CCNC(=O)C1CCC(CN)CC1. The minimum Gasteiger partial charge on any atom is -0.355 e. The molecular weight excluding hydrogens is 242 g/mol. The fraction of sp³-hybridized carbons (Fsp3) is 0.769. The summed E-state index contributed by atoms with van der Waals surface area (Å²) in [7, 11) is 1.91. The molecule has 0 unspecified atom stereocenters. The van der Waals surface area contributed by atoms with Gasteiger partial charge in [-0.3, -0.25) is 4.79 Å². The van der Waals surface area contributed by atoms with Crippen molar-refractivity contribution in [1.29, 1.82) is 0 Å². The van der Waals surface area contributed by atoms with Crippen molar-refractivity contribution in [3.63, 3.8) is 0 Å². The highest BCUT2D eigenvalue weighted by molar-refractivity contribution is 5.78. The topological polar surface area (TPSA) is 85.8 Å². The fourth-order valence-electron chi connectivity index (χ4n) is 2.64. The lowest BCUT2D eigenvalue weighted by molar-refractivity contribution is -0.126. The van der Waals surface area contributed by atoms with Gasteiger partial charge in [-0.1, -0.05) is 0 Å². The number of aromatic nitrogens is 3. The Morgan fingerprint density at radius 1 is 1.47 bits per heavy atom. The second-order valence-electron chi connectivity index (χ2n) is 5.35. The summed E-state index contributed by atoms with van der Waals surface area (Å²) in [6, 6.07) is 0. The Bertz CT molecular complexity index is 409. The number of nitrogens with two attached hydrogens (primary N) is 1. The first-order chi connectivity index (χ1) is 9.20. The molecule has 1 aromatic heterocycles. The van der Waals surface area contributed by atoms with Gasteiger partial charge in [0.25, 0.3) is 0 Å². The Morgan fingerprint density at radius 3 is 2.79 bits per heavy atom. The lowest BCUT2D eigenvalue weighted by Crippen LogP contribution is -2.35. The van der Waals surface area contributed by atoms with Crippen LogP contribution in [0.25, 0.3) is 0 Å². The molecule has 1 saturated carbocycles. The van der Waals surface area contributed by atoms with Crippen molar-refractivity contribution in [2.75, 3.05) is 13.1 Å². The fourth-order valence-corrected chi connectivity index (χ4v) is 2.64. The third-order valence-electron chi connectivity index (χ3n) is 4.00. The first kappa shape index (κ1) is 14.0. The molecule has 1 amide bonds. The molecule has 1 aliphatic rings. The van der Waals surface area contributed by atoms with Crippen LogP contribution in [0, 0.1) is 11.8 Å². The zero-order valence-corrected chi connectivity index (χ0v) is 11.5. The maximum Gasteiger partial charge on any atom is 0.223 e. The number of amides is 1. The van der Waals surface area contributed by atoms with Gasteiger partial charge in [-0.15, -0.1) is 10.2 Å². The Kier molecular flexibility index (Phi) is 4.90. The predicted molar refractivity (Wildman–Crippen MR) is 72.2 cm³/mol. The van der Waals surface area contributed by atoms with Crippen LogP contribution in [-0.2, 0) is 18.3 Å². The largest absolute Gasteiger partial charge is 0.355 e. The van der Waals surface area contributed by atoms with Gasteiger partial charge in [-0.2, -0.15) is 0 Å². The molecule has 1 fully saturated rings. The van der Waals surface area contributed by atoms with E-state index in [-0.39, 0.29) is 11.8 Å². The average molecular weight is 265 g/mol. The number of rotatable bonds is 5. The molecule has 2 rings (SSSR count). The molecular formula is C13H23N5O. The first-order valence-corrected chi connectivity index (χ1v) is 7.01. The molecule has 106 valence electrons. The summed E-state index contributed by atoms with van der Waals surface area (Å²) >= 11 is 0. The maximum atomic E-state index is 12.0. The van der Waals surface area contributed by atoms with Crippen LogP contribution in [0.1, 0.15) is 31.5 Å². The van der Waals surface area contributed by atoms with Crippen molar-refractivity contribution in [1.82, 2.24) is 20.1 Å². The zero-order chi connectivity index (χ0) is 13.7. The van der Waals surface area contributed by atoms with Gasteiger partial charge in [-0.05, 0) is 38.1 Å². The third-order valence-corrected chi connectivity index (χ3v) is 4.00. The number of carbonyl (C=O) groups excluding carboxylic acids is 1. The van der Waals surface area contributed by atoms with E-state index in [2.05, 4.69) is 15.5 Å². The number of nitrogens with zero attached hydrogens (tertiary/aromatic N) is 3. The van der Waals surface area contributed by atoms with Gasteiger partial charge >= 0.3 is 0 Å². The van der Waals surface area contributed by atoms with Crippen molar-refractivity contribution in [2.24, 2.45) is 24.6 Å². The van der Waals surface area contributed by atoms with E-state index in [4.69, 9.17) is 5.73 Å². The van der Waals surface area contributed by atoms with Crippen LogP contribution in [0.3, 0.4) is 0 Å². The van der Waals surface area contributed by atoms with Crippen molar-refractivity contribution < 1.29 is 4.79 Å². The van der Waals surface area contributed by atoms with Crippen LogP contribution in [0.4, 0.5) is 0 Å². The number of hydrogen-bond acceptors (Lipinski definition) is 4. The summed E-state index contributed by atoms with van der Waals surface area (Å²) in [4.78, 5) is 12.0. The second kappa shape index (κ2) is 6.65. The minimum absolute atomic E-state index is 0.169. The van der Waals surface area contributed by atoms with Crippen LogP contribution in [0.2, 0.25) is 0 Å². The van der Waals surface area contributed by atoms with E-state index in [1.54, 1.807) is 6.33 Å². The van der Waals surface area contributed by atoms with E-state index in [0.29, 0.717) is 12.5 Å². The number of carbonyl (C=O) groups is 1. The van der Waals surface area contributed by atoms with Gasteiger partial charge in [0.15, 0.2) is 0 Å². The highest BCUT2D eigenvalue weighted by Gasteiger charge is 2.25. The predicted octanol–water partition coefficient (Wildman–Crippen LogP) is 0.239. The molecule has 0 saturated heterocycles. The Balaban J connectivity index is 1.69. The molecule has 1 aromatic rings. The summed E-state index contributed by atoms with van der Waals surface area (Å²) < 4.78 is 1.87. The van der Waals surface area contributed by atoms with E-state index in [1.807, 2.05) is 11.6 Å². The molecule has 1 heterocycles. The number of hydrogen-bond donors (Lipinski definition) is 2. The number of nitrogens with one attached hydrogen (secondary N) is 1. The molecule has 1 aliphatic carbocycles. The lowest BCUT2D eigenvalue weighted by Gasteiger charge is -2.26.